The maximum absolute atomic E-state index is 11.9. The number of hydrogen-bond acceptors (Lipinski definition) is 4. The van der Waals surface area contributed by atoms with Crippen LogP contribution in [0.25, 0.3) is 0 Å². The Morgan fingerprint density at radius 1 is 1.26 bits per heavy atom. The van der Waals surface area contributed by atoms with Crippen molar-refractivity contribution in [3.63, 3.8) is 0 Å². The first-order chi connectivity index (χ1) is 11.0. The zero-order valence-electron chi connectivity index (χ0n) is 13.4. The first-order valence-corrected chi connectivity index (χ1v) is 9.73. The second-order valence-corrected chi connectivity index (χ2v) is 7.70. The number of nitrogens with one attached hydrogen (secondary N) is 1. The van der Waals surface area contributed by atoms with E-state index in [9.17, 15) is 13.2 Å². The minimum Gasteiger partial charge on any atom is -0.484 e. The molecule has 1 N–H and O–H groups in total. The summed E-state index contributed by atoms with van der Waals surface area (Å²) in [4.78, 5) is 11.8. The second kappa shape index (κ2) is 8.31. The van der Waals surface area contributed by atoms with Gasteiger partial charge in [-0.3, -0.25) is 4.79 Å². The van der Waals surface area contributed by atoms with Crippen LogP contribution < -0.4 is 10.1 Å². The fourth-order valence-corrected chi connectivity index (χ4v) is 4.01. The molecule has 0 atom stereocenters. The summed E-state index contributed by atoms with van der Waals surface area (Å²) in [6.07, 6.45) is 5.16. The fourth-order valence-electron chi connectivity index (χ4n) is 2.83. The Balaban J connectivity index is 1.74. The lowest BCUT2D eigenvalue weighted by atomic mass is 10.2. The molecule has 6 nitrogen and oxygen atoms in total. The number of carbonyl (C=O) groups excluding carboxylic acids is 1. The number of benzene rings is 1. The molecule has 1 aliphatic rings. The van der Waals surface area contributed by atoms with Crippen LogP contribution >= 0.6 is 0 Å². The molecule has 1 aliphatic carbocycles. The lowest BCUT2D eigenvalue weighted by Crippen LogP contribution is -2.43. The van der Waals surface area contributed by atoms with Crippen LogP contribution in [0.5, 0.6) is 5.75 Å². The molecule has 0 bridgehead atoms. The molecule has 0 saturated heterocycles. The molecule has 23 heavy (non-hydrogen) atoms. The molecule has 1 saturated carbocycles. The van der Waals surface area contributed by atoms with Crippen molar-refractivity contribution in [2.45, 2.75) is 31.7 Å². The van der Waals surface area contributed by atoms with E-state index in [1.54, 1.807) is 12.1 Å². The van der Waals surface area contributed by atoms with E-state index in [4.69, 9.17) is 4.74 Å². The van der Waals surface area contributed by atoms with Gasteiger partial charge in [-0.2, -0.15) is 4.31 Å². The number of amides is 1. The maximum Gasteiger partial charge on any atom is 0.257 e. The van der Waals surface area contributed by atoms with Gasteiger partial charge in [-0.1, -0.05) is 31.0 Å². The Labute approximate surface area is 137 Å². The molecule has 0 aromatic heterocycles. The van der Waals surface area contributed by atoms with Crippen LogP contribution in [0.4, 0.5) is 0 Å². The molecule has 1 fully saturated rings. The summed E-state index contributed by atoms with van der Waals surface area (Å²) >= 11 is 0. The molecule has 1 aromatic rings. The highest BCUT2D eigenvalue weighted by Crippen LogP contribution is 2.24. The maximum atomic E-state index is 11.9. The molecule has 7 heteroatoms. The smallest absolute Gasteiger partial charge is 0.257 e. The van der Waals surface area contributed by atoms with Gasteiger partial charge in [0, 0.05) is 19.1 Å². The zero-order chi connectivity index (χ0) is 16.7. The van der Waals surface area contributed by atoms with Crippen molar-refractivity contribution in [2.75, 3.05) is 26.0 Å². The van der Waals surface area contributed by atoms with Crippen LogP contribution in [-0.4, -0.2) is 50.6 Å². The number of nitrogens with zero attached hydrogens (tertiary/aromatic N) is 1. The molecular formula is C16H24N2O4S. The van der Waals surface area contributed by atoms with Gasteiger partial charge < -0.3 is 10.1 Å². The molecule has 0 spiro atoms. The van der Waals surface area contributed by atoms with Crippen molar-refractivity contribution < 1.29 is 17.9 Å². The average Bonchev–Trinajstić information content (AvgIpc) is 3.03. The second-order valence-electron chi connectivity index (χ2n) is 5.76. The van der Waals surface area contributed by atoms with Crippen molar-refractivity contribution in [3.8, 4) is 5.75 Å². The van der Waals surface area contributed by atoms with Crippen LogP contribution in [0.2, 0.25) is 0 Å². The van der Waals surface area contributed by atoms with Crippen LogP contribution in [0.1, 0.15) is 25.7 Å². The zero-order valence-corrected chi connectivity index (χ0v) is 14.2. The standard InChI is InChI=1S/C16H24N2O4S/c1-23(20,21)18(14-7-5-6-8-14)12-11-17-16(19)13-22-15-9-3-2-4-10-15/h2-4,9-10,14H,5-8,11-13H2,1H3,(H,17,19). The Kier molecular flexibility index (Phi) is 6.41. The average molecular weight is 340 g/mol. The summed E-state index contributed by atoms with van der Waals surface area (Å²) < 4.78 is 30.6. The third-order valence-corrected chi connectivity index (χ3v) is 5.26. The van der Waals surface area contributed by atoms with Gasteiger partial charge in [0.05, 0.1) is 6.26 Å². The van der Waals surface area contributed by atoms with Gasteiger partial charge in [0.25, 0.3) is 5.91 Å². The Bertz CT molecular complexity index is 598. The molecule has 0 unspecified atom stereocenters. The van der Waals surface area contributed by atoms with Crippen molar-refractivity contribution in [3.05, 3.63) is 30.3 Å². The van der Waals surface area contributed by atoms with Crippen molar-refractivity contribution >= 4 is 15.9 Å². The van der Waals surface area contributed by atoms with Gasteiger partial charge in [0.15, 0.2) is 6.61 Å². The summed E-state index contributed by atoms with van der Waals surface area (Å²) in [5, 5.41) is 2.71. The van der Waals surface area contributed by atoms with Gasteiger partial charge in [0.2, 0.25) is 10.0 Å². The summed E-state index contributed by atoms with van der Waals surface area (Å²) in [5.74, 6) is 0.375. The van der Waals surface area contributed by atoms with E-state index in [0.717, 1.165) is 25.7 Å². The highest BCUT2D eigenvalue weighted by Gasteiger charge is 2.28. The highest BCUT2D eigenvalue weighted by molar-refractivity contribution is 7.88. The topological polar surface area (TPSA) is 75.7 Å². The number of ether oxygens (including phenoxy) is 1. The molecule has 2 rings (SSSR count). The monoisotopic (exact) mass is 340 g/mol. The summed E-state index contributed by atoms with van der Waals surface area (Å²) in [6.45, 7) is 0.521. The third-order valence-electron chi connectivity index (χ3n) is 3.93. The van der Waals surface area contributed by atoms with Crippen molar-refractivity contribution in [1.82, 2.24) is 9.62 Å². The summed E-state index contributed by atoms with van der Waals surface area (Å²) in [7, 11) is -3.25. The fraction of sp³-hybridized carbons (Fsp3) is 0.562. The van der Waals surface area contributed by atoms with Gasteiger partial charge in [0.1, 0.15) is 5.75 Å². The normalized spacial score (nSPS) is 15.7. The van der Waals surface area contributed by atoms with E-state index in [1.807, 2.05) is 18.2 Å². The summed E-state index contributed by atoms with van der Waals surface area (Å²) in [6, 6.07) is 9.16. The van der Waals surface area contributed by atoms with E-state index in [0.29, 0.717) is 18.8 Å². The largest absolute Gasteiger partial charge is 0.484 e. The Morgan fingerprint density at radius 3 is 2.52 bits per heavy atom. The van der Waals surface area contributed by atoms with Crippen LogP contribution in [0.15, 0.2) is 30.3 Å². The summed E-state index contributed by atoms with van der Waals surface area (Å²) in [5.41, 5.74) is 0. The first kappa shape index (κ1) is 17.7. The van der Waals surface area contributed by atoms with E-state index >= 15 is 0 Å². The predicted octanol–water partition coefficient (Wildman–Crippen LogP) is 1.39. The van der Waals surface area contributed by atoms with E-state index < -0.39 is 10.0 Å². The number of hydrogen-bond donors (Lipinski definition) is 1. The molecule has 0 radical (unpaired) electrons. The Morgan fingerprint density at radius 2 is 1.91 bits per heavy atom. The van der Waals surface area contributed by atoms with Gasteiger partial charge >= 0.3 is 0 Å². The van der Waals surface area contributed by atoms with Gasteiger partial charge in [-0.05, 0) is 25.0 Å². The molecule has 128 valence electrons. The Hall–Kier alpha value is -1.60. The third kappa shape index (κ3) is 5.84. The lowest BCUT2D eigenvalue weighted by Gasteiger charge is -2.26. The first-order valence-electron chi connectivity index (χ1n) is 7.88. The lowest BCUT2D eigenvalue weighted by molar-refractivity contribution is -0.123. The quantitative estimate of drug-likeness (QED) is 0.776. The van der Waals surface area contributed by atoms with Gasteiger partial charge in [-0.25, -0.2) is 8.42 Å². The van der Waals surface area contributed by atoms with Crippen LogP contribution in [0.3, 0.4) is 0 Å². The van der Waals surface area contributed by atoms with Crippen LogP contribution in [-0.2, 0) is 14.8 Å². The SMILES string of the molecule is CS(=O)(=O)N(CCNC(=O)COc1ccccc1)C1CCCC1. The minimum absolute atomic E-state index is 0.0717. The molecule has 0 heterocycles. The van der Waals surface area contributed by atoms with E-state index in [1.165, 1.54) is 10.6 Å². The van der Waals surface area contributed by atoms with Crippen LogP contribution in [0, 0.1) is 0 Å². The molecule has 1 aromatic carbocycles. The van der Waals surface area contributed by atoms with E-state index in [-0.39, 0.29) is 18.6 Å². The predicted molar refractivity (Wildman–Crippen MR) is 88.8 cm³/mol. The van der Waals surface area contributed by atoms with E-state index in [2.05, 4.69) is 5.32 Å². The van der Waals surface area contributed by atoms with Gasteiger partial charge in [-0.15, -0.1) is 0 Å². The number of carbonyl (C=O) groups is 1. The number of rotatable bonds is 8. The number of sulfonamides is 1. The highest BCUT2D eigenvalue weighted by atomic mass is 32.2. The molecular weight excluding hydrogens is 316 g/mol. The van der Waals surface area contributed by atoms with Crippen molar-refractivity contribution in [2.24, 2.45) is 0 Å². The molecule has 0 aliphatic heterocycles. The molecule has 1 amide bonds. The van der Waals surface area contributed by atoms with Crippen molar-refractivity contribution in [1.29, 1.82) is 0 Å². The number of para-hydroxylation sites is 1. The minimum atomic E-state index is -3.25.